The molecular formula is C25H42O4. The summed E-state index contributed by atoms with van der Waals surface area (Å²) >= 11 is 0. The minimum absolute atomic E-state index is 0.0770. The third-order valence-electron chi connectivity index (χ3n) is 8.03. The van der Waals surface area contributed by atoms with Crippen LogP contribution in [0.1, 0.15) is 92.9 Å². The van der Waals surface area contributed by atoms with E-state index in [1.54, 1.807) is 0 Å². The Hall–Kier alpha value is -1.32. The first-order valence-electron chi connectivity index (χ1n) is 11.6. The smallest absolute Gasteiger partial charge is 0.306 e. The molecule has 1 fully saturated rings. The summed E-state index contributed by atoms with van der Waals surface area (Å²) in [4.78, 5) is 23.2. The summed E-state index contributed by atoms with van der Waals surface area (Å²) in [6.07, 6.45) is 9.63. The highest BCUT2D eigenvalue weighted by molar-refractivity contribution is 5.69. The highest BCUT2D eigenvalue weighted by Gasteiger charge is 2.53. The zero-order valence-corrected chi connectivity index (χ0v) is 19.4. The van der Waals surface area contributed by atoms with E-state index >= 15 is 0 Å². The van der Waals surface area contributed by atoms with Gasteiger partial charge in [-0.15, -0.1) is 0 Å². The molecule has 0 spiro atoms. The lowest BCUT2D eigenvalue weighted by molar-refractivity contribution is -0.144. The van der Waals surface area contributed by atoms with Gasteiger partial charge in [0.1, 0.15) is 6.61 Å². The van der Waals surface area contributed by atoms with Gasteiger partial charge in [0.15, 0.2) is 0 Å². The summed E-state index contributed by atoms with van der Waals surface area (Å²) in [7, 11) is 0. The van der Waals surface area contributed by atoms with E-state index in [2.05, 4.69) is 33.8 Å². The van der Waals surface area contributed by atoms with Crippen LogP contribution in [0.25, 0.3) is 0 Å². The summed E-state index contributed by atoms with van der Waals surface area (Å²) in [5.41, 5.74) is 1.58. The molecule has 0 unspecified atom stereocenters. The van der Waals surface area contributed by atoms with E-state index in [-0.39, 0.29) is 29.1 Å². The number of hydrogen-bond acceptors (Lipinski definition) is 3. The average molecular weight is 407 g/mol. The Bertz CT molecular complexity index is 622. The van der Waals surface area contributed by atoms with Crippen LogP contribution in [0.15, 0.2) is 11.6 Å². The second kappa shape index (κ2) is 9.66. The second-order valence-electron chi connectivity index (χ2n) is 10.7. The van der Waals surface area contributed by atoms with Crippen molar-refractivity contribution in [3.63, 3.8) is 0 Å². The van der Waals surface area contributed by atoms with Crippen LogP contribution in [0, 0.1) is 34.5 Å². The number of allylic oxidation sites excluding steroid dienone is 1. The summed E-state index contributed by atoms with van der Waals surface area (Å²) in [5.74, 6) is 0.912. The van der Waals surface area contributed by atoms with Gasteiger partial charge >= 0.3 is 11.9 Å². The molecule has 4 nitrogen and oxygen atoms in total. The van der Waals surface area contributed by atoms with Crippen molar-refractivity contribution >= 4 is 11.9 Å². The van der Waals surface area contributed by atoms with E-state index in [1.807, 2.05) is 13.8 Å². The SMILES string of the molecule is CC(C)CC(=O)OCC1=CCC[C@@H]2[C@@](C)(CC[C@@H](C)CC(=O)O)[C@H](C)CC[C@@]12C. The third-order valence-corrected chi connectivity index (χ3v) is 8.03. The summed E-state index contributed by atoms with van der Waals surface area (Å²) in [5, 5.41) is 9.11. The molecule has 0 bridgehead atoms. The molecule has 2 aliphatic carbocycles. The van der Waals surface area contributed by atoms with Crippen molar-refractivity contribution in [3.05, 3.63) is 11.6 Å². The van der Waals surface area contributed by atoms with Gasteiger partial charge in [0.2, 0.25) is 0 Å². The lowest BCUT2D eigenvalue weighted by Crippen LogP contribution is -2.50. The molecule has 0 heterocycles. The van der Waals surface area contributed by atoms with E-state index in [0.717, 1.165) is 25.7 Å². The number of carbonyl (C=O) groups excluding carboxylic acids is 1. The van der Waals surface area contributed by atoms with E-state index < -0.39 is 5.97 Å². The first-order valence-corrected chi connectivity index (χ1v) is 11.6. The summed E-state index contributed by atoms with van der Waals surface area (Å²) in [6.45, 7) is 13.8. The molecule has 1 N–H and O–H groups in total. The minimum Gasteiger partial charge on any atom is -0.481 e. The molecule has 166 valence electrons. The molecule has 0 aliphatic heterocycles. The van der Waals surface area contributed by atoms with Gasteiger partial charge in [0.25, 0.3) is 0 Å². The van der Waals surface area contributed by atoms with Gasteiger partial charge in [-0.05, 0) is 78.6 Å². The predicted molar refractivity (Wildman–Crippen MR) is 116 cm³/mol. The summed E-state index contributed by atoms with van der Waals surface area (Å²) in [6, 6.07) is 0. The lowest BCUT2D eigenvalue weighted by Gasteiger charge is -2.58. The Morgan fingerprint density at radius 1 is 1.21 bits per heavy atom. The largest absolute Gasteiger partial charge is 0.481 e. The maximum Gasteiger partial charge on any atom is 0.306 e. The van der Waals surface area contributed by atoms with Crippen molar-refractivity contribution < 1.29 is 19.4 Å². The van der Waals surface area contributed by atoms with Crippen molar-refractivity contribution in [1.29, 1.82) is 0 Å². The van der Waals surface area contributed by atoms with Crippen molar-refractivity contribution in [2.24, 2.45) is 34.5 Å². The normalized spacial score (nSPS) is 33.0. The molecule has 29 heavy (non-hydrogen) atoms. The van der Waals surface area contributed by atoms with Gasteiger partial charge in [0, 0.05) is 12.8 Å². The standard InChI is InChI=1S/C25H42O4/c1-17(2)14-23(28)29-16-20-8-7-9-21-24(5,12-10-18(3)15-22(26)27)19(4)11-13-25(20,21)6/h8,17-19,21H,7,9-16H2,1-6H3,(H,26,27)/t18-,19-,21-,24+,25+/m1/s1. The Morgan fingerprint density at radius 2 is 1.90 bits per heavy atom. The van der Waals surface area contributed by atoms with Crippen LogP contribution < -0.4 is 0 Å². The van der Waals surface area contributed by atoms with Crippen LogP contribution in [-0.2, 0) is 14.3 Å². The Balaban J connectivity index is 2.12. The number of esters is 1. The van der Waals surface area contributed by atoms with Crippen LogP contribution in [0.4, 0.5) is 0 Å². The molecule has 0 saturated heterocycles. The van der Waals surface area contributed by atoms with Crippen molar-refractivity contribution in [1.82, 2.24) is 0 Å². The minimum atomic E-state index is -0.699. The Morgan fingerprint density at radius 3 is 2.52 bits per heavy atom. The highest BCUT2D eigenvalue weighted by Crippen LogP contribution is 2.62. The van der Waals surface area contributed by atoms with Crippen molar-refractivity contribution in [3.8, 4) is 0 Å². The first-order chi connectivity index (χ1) is 13.5. The fourth-order valence-electron chi connectivity index (χ4n) is 5.93. The number of carboxylic acids is 1. The van der Waals surface area contributed by atoms with E-state index in [9.17, 15) is 9.59 Å². The quantitative estimate of drug-likeness (QED) is 0.363. The average Bonchev–Trinajstić information content (AvgIpc) is 2.61. The number of hydrogen-bond donors (Lipinski definition) is 1. The summed E-state index contributed by atoms with van der Waals surface area (Å²) < 4.78 is 5.67. The third kappa shape index (κ3) is 5.64. The van der Waals surface area contributed by atoms with Gasteiger partial charge in [-0.3, -0.25) is 9.59 Å². The van der Waals surface area contributed by atoms with Crippen LogP contribution in [-0.4, -0.2) is 23.7 Å². The number of carbonyl (C=O) groups is 2. The van der Waals surface area contributed by atoms with E-state index in [4.69, 9.17) is 9.84 Å². The molecule has 4 heteroatoms. The molecule has 0 radical (unpaired) electrons. The molecular weight excluding hydrogens is 364 g/mol. The molecule has 5 atom stereocenters. The van der Waals surface area contributed by atoms with E-state index in [1.165, 1.54) is 18.4 Å². The zero-order chi connectivity index (χ0) is 21.8. The van der Waals surface area contributed by atoms with Gasteiger partial charge in [-0.1, -0.05) is 47.6 Å². The van der Waals surface area contributed by atoms with Gasteiger partial charge in [-0.25, -0.2) is 0 Å². The monoisotopic (exact) mass is 406 g/mol. The molecule has 1 saturated carbocycles. The Labute approximate surface area is 177 Å². The molecule has 2 aliphatic rings. The number of fused-ring (bicyclic) bond motifs is 1. The van der Waals surface area contributed by atoms with Crippen LogP contribution in [0.5, 0.6) is 0 Å². The Kier molecular flexibility index (Phi) is 7.98. The molecule has 0 aromatic carbocycles. The van der Waals surface area contributed by atoms with Crippen molar-refractivity contribution in [2.45, 2.75) is 92.9 Å². The first kappa shape index (κ1) is 24.0. The maximum absolute atomic E-state index is 12.1. The van der Waals surface area contributed by atoms with Gasteiger partial charge in [0.05, 0.1) is 0 Å². The lowest BCUT2D eigenvalue weighted by atomic mass is 9.46. The maximum atomic E-state index is 12.1. The molecule has 0 aromatic heterocycles. The van der Waals surface area contributed by atoms with Crippen LogP contribution in [0.3, 0.4) is 0 Å². The van der Waals surface area contributed by atoms with Crippen molar-refractivity contribution in [2.75, 3.05) is 6.61 Å². The fourth-order valence-corrected chi connectivity index (χ4v) is 5.93. The predicted octanol–water partition coefficient (Wildman–Crippen LogP) is 6.25. The number of aliphatic carboxylic acids is 1. The highest BCUT2D eigenvalue weighted by atomic mass is 16.5. The second-order valence-corrected chi connectivity index (χ2v) is 10.7. The molecule has 0 aromatic rings. The van der Waals surface area contributed by atoms with Crippen LogP contribution >= 0.6 is 0 Å². The molecule has 0 amide bonds. The van der Waals surface area contributed by atoms with Gasteiger partial charge < -0.3 is 9.84 Å². The zero-order valence-electron chi connectivity index (χ0n) is 19.4. The number of rotatable bonds is 9. The van der Waals surface area contributed by atoms with Gasteiger partial charge in [-0.2, -0.15) is 0 Å². The molecule has 2 rings (SSSR count). The van der Waals surface area contributed by atoms with E-state index in [0.29, 0.717) is 30.8 Å². The number of ether oxygens (including phenoxy) is 1. The van der Waals surface area contributed by atoms with Crippen LogP contribution in [0.2, 0.25) is 0 Å². The fraction of sp³-hybridized carbons (Fsp3) is 0.840. The number of carboxylic acid groups (broad SMARTS) is 1. The topological polar surface area (TPSA) is 63.6 Å².